The van der Waals surface area contributed by atoms with Crippen LogP contribution < -0.4 is 20.3 Å². The van der Waals surface area contributed by atoms with Crippen LogP contribution in [0.2, 0.25) is 0 Å². The zero-order valence-electron chi connectivity index (χ0n) is 21.3. The fourth-order valence-electron chi connectivity index (χ4n) is 4.50. The van der Waals surface area contributed by atoms with E-state index in [2.05, 4.69) is 10.2 Å². The summed E-state index contributed by atoms with van der Waals surface area (Å²) >= 11 is 0. The van der Waals surface area contributed by atoms with Crippen LogP contribution in [0.4, 0.5) is 0 Å². The second-order valence-corrected chi connectivity index (χ2v) is 9.64. The molecule has 0 unspecified atom stereocenters. The van der Waals surface area contributed by atoms with Gasteiger partial charge < -0.3 is 19.5 Å². The Morgan fingerprint density at radius 2 is 1.97 bits per heavy atom. The van der Waals surface area contributed by atoms with Crippen LogP contribution in [-0.4, -0.2) is 73.5 Å². The lowest BCUT2D eigenvalue weighted by molar-refractivity contribution is -0.121. The van der Waals surface area contributed by atoms with Crippen LogP contribution >= 0.6 is 0 Å². The van der Waals surface area contributed by atoms with Crippen LogP contribution in [0.1, 0.15) is 19.3 Å². The Labute approximate surface area is 216 Å². The second-order valence-electron chi connectivity index (χ2n) is 9.64. The van der Waals surface area contributed by atoms with Gasteiger partial charge in [-0.1, -0.05) is 12.1 Å². The average molecular weight is 507 g/mol. The Balaban J connectivity index is 1.39. The Hall–Kier alpha value is -3.43. The van der Waals surface area contributed by atoms with Gasteiger partial charge in [0, 0.05) is 31.7 Å². The first-order chi connectivity index (χ1) is 18.1. The van der Waals surface area contributed by atoms with Crippen molar-refractivity contribution in [2.24, 2.45) is 5.92 Å². The summed E-state index contributed by atoms with van der Waals surface area (Å²) < 4.78 is 18.2. The van der Waals surface area contributed by atoms with Gasteiger partial charge in [0.1, 0.15) is 23.9 Å². The van der Waals surface area contributed by atoms with Gasteiger partial charge in [-0.15, -0.1) is 0 Å². The monoisotopic (exact) mass is 506 g/mol. The molecule has 1 amide bonds. The first kappa shape index (κ1) is 25.2. The number of carbonyl (C=O) groups is 1. The molecule has 2 aliphatic rings. The molecule has 9 heteroatoms. The highest BCUT2D eigenvalue weighted by molar-refractivity contribution is 5.83. The van der Waals surface area contributed by atoms with E-state index in [4.69, 9.17) is 19.2 Å². The van der Waals surface area contributed by atoms with E-state index in [1.807, 2.05) is 30.3 Å². The minimum atomic E-state index is -0.275. The van der Waals surface area contributed by atoms with Gasteiger partial charge in [0.2, 0.25) is 5.91 Å². The van der Waals surface area contributed by atoms with Gasteiger partial charge in [-0.25, -0.2) is 4.98 Å². The quantitative estimate of drug-likeness (QED) is 0.400. The summed E-state index contributed by atoms with van der Waals surface area (Å²) in [6.45, 7) is 5.50. The lowest BCUT2D eigenvalue weighted by Crippen LogP contribution is -2.37. The van der Waals surface area contributed by atoms with Crippen molar-refractivity contribution in [1.29, 1.82) is 0 Å². The largest absolute Gasteiger partial charge is 0.497 e. The van der Waals surface area contributed by atoms with Crippen LogP contribution in [0.5, 0.6) is 11.5 Å². The van der Waals surface area contributed by atoms with Crippen molar-refractivity contribution in [2.45, 2.75) is 25.8 Å². The van der Waals surface area contributed by atoms with Crippen molar-refractivity contribution in [2.75, 3.05) is 53.1 Å². The summed E-state index contributed by atoms with van der Waals surface area (Å²) in [5.74, 6) is 2.05. The second kappa shape index (κ2) is 11.7. The third-order valence-corrected chi connectivity index (χ3v) is 6.83. The van der Waals surface area contributed by atoms with E-state index in [0.717, 1.165) is 52.1 Å². The maximum atomic E-state index is 13.7. The minimum Gasteiger partial charge on any atom is -0.497 e. The smallest absolute Gasteiger partial charge is 0.262 e. The van der Waals surface area contributed by atoms with E-state index < -0.39 is 0 Å². The average Bonchev–Trinajstić information content (AvgIpc) is 3.77. The number of ether oxygens (including phenoxy) is 3. The predicted molar refractivity (Wildman–Crippen MR) is 141 cm³/mol. The summed E-state index contributed by atoms with van der Waals surface area (Å²) in [5.41, 5.74) is 0.984. The standard InChI is InChI=1S/C28H34N4O5/c1-35-22-5-2-4-21(16-22)27-30-25-9-8-23(37-13-3-10-31-11-14-36-15-12-31)17-24(25)28(34)32(27)19-26(33)29-18-20-6-7-20/h2,4-5,8-9,16-17,20H,3,6-7,10-15,18-19H2,1H3,(H,29,33). The highest BCUT2D eigenvalue weighted by Gasteiger charge is 2.22. The van der Waals surface area contributed by atoms with Crippen LogP contribution in [0.15, 0.2) is 47.3 Å². The van der Waals surface area contributed by atoms with Gasteiger partial charge in [0.05, 0.1) is 37.8 Å². The van der Waals surface area contributed by atoms with E-state index in [1.54, 1.807) is 19.2 Å². The van der Waals surface area contributed by atoms with Gasteiger partial charge >= 0.3 is 0 Å². The molecule has 37 heavy (non-hydrogen) atoms. The summed E-state index contributed by atoms with van der Waals surface area (Å²) in [6.07, 6.45) is 3.17. The molecule has 2 fully saturated rings. The van der Waals surface area contributed by atoms with E-state index in [9.17, 15) is 9.59 Å². The molecule has 2 heterocycles. The number of rotatable bonds is 11. The van der Waals surface area contributed by atoms with Crippen molar-refractivity contribution >= 4 is 16.8 Å². The van der Waals surface area contributed by atoms with Crippen LogP contribution in [0.3, 0.4) is 0 Å². The highest BCUT2D eigenvalue weighted by Crippen LogP contribution is 2.28. The number of hydrogen-bond acceptors (Lipinski definition) is 7. The summed E-state index contributed by atoms with van der Waals surface area (Å²) in [5, 5.41) is 3.38. The van der Waals surface area contributed by atoms with Crippen LogP contribution in [0, 0.1) is 5.92 Å². The number of carbonyl (C=O) groups excluding carboxylic acids is 1. The normalized spacial score (nSPS) is 16.0. The van der Waals surface area contributed by atoms with Crippen molar-refractivity contribution in [1.82, 2.24) is 19.8 Å². The molecule has 3 aromatic rings. The number of morpholine rings is 1. The van der Waals surface area contributed by atoms with Gasteiger partial charge in [-0.05, 0) is 55.5 Å². The fraction of sp³-hybridized carbons (Fsp3) is 0.464. The molecular weight excluding hydrogens is 472 g/mol. The molecule has 1 N–H and O–H groups in total. The minimum absolute atomic E-state index is 0.105. The predicted octanol–water partition coefficient (Wildman–Crippen LogP) is 2.70. The third kappa shape index (κ3) is 6.47. The van der Waals surface area contributed by atoms with Gasteiger partial charge in [0.25, 0.3) is 5.56 Å². The topological polar surface area (TPSA) is 94.9 Å². The van der Waals surface area contributed by atoms with Gasteiger partial charge in [0.15, 0.2) is 0 Å². The summed E-state index contributed by atoms with van der Waals surface area (Å²) in [6, 6.07) is 12.7. The SMILES string of the molecule is COc1cccc(-c2nc3ccc(OCCCN4CCOCC4)cc3c(=O)n2CC(=O)NCC2CC2)c1. The molecule has 196 valence electrons. The number of methoxy groups -OCH3 is 1. The third-order valence-electron chi connectivity index (χ3n) is 6.83. The maximum absolute atomic E-state index is 13.7. The molecule has 0 bridgehead atoms. The first-order valence-corrected chi connectivity index (χ1v) is 13.0. The first-order valence-electron chi connectivity index (χ1n) is 13.0. The van der Waals surface area contributed by atoms with Crippen molar-refractivity contribution in [3.05, 3.63) is 52.8 Å². The lowest BCUT2D eigenvalue weighted by Gasteiger charge is -2.26. The van der Waals surface area contributed by atoms with Crippen molar-refractivity contribution < 1.29 is 19.0 Å². The van der Waals surface area contributed by atoms with Crippen molar-refractivity contribution in [3.8, 4) is 22.9 Å². The molecule has 0 radical (unpaired) electrons. The zero-order chi connectivity index (χ0) is 25.6. The molecule has 1 saturated carbocycles. The zero-order valence-corrected chi connectivity index (χ0v) is 21.3. The molecule has 1 aliphatic carbocycles. The molecule has 1 aliphatic heterocycles. The van der Waals surface area contributed by atoms with E-state index >= 15 is 0 Å². The van der Waals surface area contributed by atoms with Crippen LogP contribution in [0.25, 0.3) is 22.3 Å². The summed E-state index contributed by atoms with van der Waals surface area (Å²) in [7, 11) is 1.59. The van der Waals surface area contributed by atoms with Crippen LogP contribution in [-0.2, 0) is 16.1 Å². The lowest BCUT2D eigenvalue weighted by atomic mass is 10.1. The molecule has 2 aromatic carbocycles. The van der Waals surface area contributed by atoms with Gasteiger partial charge in [-0.2, -0.15) is 0 Å². The highest BCUT2D eigenvalue weighted by atomic mass is 16.5. The Kier molecular flexibility index (Phi) is 8.01. The number of hydrogen-bond donors (Lipinski definition) is 1. The molecule has 9 nitrogen and oxygen atoms in total. The van der Waals surface area contributed by atoms with E-state index in [1.165, 1.54) is 4.57 Å². The van der Waals surface area contributed by atoms with Gasteiger partial charge in [-0.3, -0.25) is 19.1 Å². The number of amides is 1. The maximum Gasteiger partial charge on any atom is 0.262 e. The molecular formula is C28H34N4O5. The Morgan fingerprint density at radius 1 is 1.14 bits per heavy atom. The van der Waals surface area contributed by atoms with E-state index in [-0.39, 0.29) is 18.0 Å². The fourth-order valence-corrected chi connectivity index (χ4v) is 4.50. The number of benzene rings is 2. The summed E-state index contributed by atoms with van der Waals surface area (Å²) in [4.78, 5) is 33.6. The number of nitrogens with one attached hydrogen (secondary N) is 1. The molecule has 1 saturated heterocycles. The molecule has 0 atom stereocenters. The number of fused-ring (bicyclic) bond motifs is 1. The van der Waals surface area contributed by atoms with E-state index in [0.29, 0.717) is 52.9 Å². The number of aromatic nitrogens is 2. The molecule has 1 aromatic heterocycles. The molecule has 5 rings (SSSR count). The van der Waals surface area contributed by atoms with Crippen molar-refractivity contribution in [3.63, 3.8) is 0 Å². The molecule has 0 spiro atoms. The Morgan fingerprint density at radius 3 is 2.76 bits per heavy atom. The Bertz CT molecular complexity index is 1300. The number of nitrogens with zero attached hydrogens (tertiary/aromatic N) is 3.